The second kappa shape index (κ2) is 6.43. The van der Waals surface area contributed by atoms with E-state index in [1.807, 2.05) is 23.1 Å². The maximum Gasteiger partial charge on any atom is 0.128 e. The van der Waals surface area contributed by atoms with Crippen LogP contribution >= 0.6 is 0 Å². The number of hydrogen-bond acceptors (Lipinski definition) is 4. The zero-order valence-corrected chi connectivity index (χ0v) is 11.9. The van der Waals surface area contributed by atoms with Crippen molar-refractivity contribution in [2.24, 2.45) is 0 Å². The highest BCUT2D eigenvalue weighted by atomic mass is 15.3. The highest BCUT2D eigenvalue weighted by Gasteiger charge is 2.05. The topological polar surface area (TPSA) is 46.8 Å². The Morgan fingerprint density at radius 3 is 2.79 bits per heavy atom. The van der Waals surface area contributed by atoms with Gasteiger partial charge in [0.1, 0.15) is 5.82 Å². The van der Waals surface area contributed by atoms with E-state index in [2.05, 4.69) is 47.1 Å². The standard InChI is InChI=1S/C14H21N5/c1-4-14-15-7-6-13(17-14)11-18(3)9-12-8-16-19(5-2)10-12/h6-8,10H,4-5,9,11H2,1-3H3. The summed E-state index contributed by atoms with van der Waals surface area (Å²) in [6.45, 7) is 6.78. The Morgan fingerprint density at radius 1 is 1.26 bits per heavy atom. The van der Waals surface area contributed by atoms with Crippen LogP contribution in [0.3, 0.4) is 0 Å². The maximum atomic E-state index is 4.52. The molecular weight excluding hydrogens is 238 g/mol. The van der Waals surface area contributed by atoms with Gasteiger partial charge in [-0.25, -0.2) is 9.97 Å². The zero-order valence-electron chi connectivity index (χ0n) is 11.9. The highest BCUT2D eigenvalue weighted by molar-refractivity contribution is 5.05. The van der Waals surface area contributed by atoms with Crippen LogP contribution in [0.2, 0.25) is 0 Å². The van der Waals surface area contributed by atoms with Crippen LogP contribution in [0.25, 0.3) is 0 Å². The summed E-state index contributed by atoms with van der Waals surface area (Å²) in [5.74, 6) is 0.907. The molecule has 0 saturated heterocycles. The second-order valence-corrected chi connectivity index (χ2v) is 4.69. The van der Waals surface area contributed by atoms with Gasteiger partial charge in [0, 0.05) is 44.0 Å². The van der Waals surface area contributed by atoms with Crippen molar-refractivity contribution in [1.29, 1.82) is 0 Å². The predicted octanol–water partition coefficient (Wildman–Crippen LogP) is 1.89. The van der Waals surface area contributed by atoms with Crippen molar-refractivity contribution in [3.63, 3.8) is 0 Å². The van der Waals surface area contributed by atoms with Crippen molar-refractivity contribution in [1.82, 2.24) is 24.6 Å². The minimum absolute atomic E-state index is 0.826. The van der Waals surface area contributed by atoms with E-state index in [1.54, 1.807) is 0 Å². The molecule has 0 amide bonds. The largest absolute Gasteiger partial charge is 0.296 e. The molecule has 102 valence electrons. The van der Waals surface area contributed by atoms with Crippen molar-refractivity contribution in [3.8, 4) is 0 Å². The van der Waals surface area contributed by atoms with Crippen LogP contribution < -0.4 is 0 Å². The van der Waals surface area contributed by atoms with Gasteiger partial charge in [-0.05, 0) is 20.0 Å². The molecule has 0 radical (unpaired) electrons. The van der Waals surface area contributed by atoms with Gasteiger partial charge >= 0.3 is 0 Å². The summed E-state index contributed by atoms with van der Waals surface area (Å²) in [7, 11) is 2.09. The molecular formula is C14H21N5. The fourth-order valence-electron chi connectivity index (χ4n) is 2.00. The van der Waals surface area contributed by atoms with E-state index in [1.165, 1.54) is 5.56 Å². The molecule has 0 aliphatic heterocycles. The van der Waals surface area contributed by atoms with Gasteiger partial charge in [-0.15, -0.1) is 0 Å². The third-order valence-corrected chi connectivity index (χ3v) is 2.97. The Kier molecular flexibility index (Phi) is 4.63. The van der Waals surface area contributed by atoms with E-state index >= 15 is 0 Å². The number of nitrogens with zero attached hydrogens (tertiary/aromatic N) is 5. The molecule has 0 N–H and O–H groups in total. The Morgan fingerprint density at radius 2 is 2.11 bits per heavy atom. The fraction of sp³-hybridized carbons (Fsp3) is 0.500. The average molecular weight is 259 g/mol. The Hall–Kier alpha value is -1.75. The number of hydrogen-bond donors (Lipinski definition) is 0. The van der Waals surface area contributed by atoms with Crippen LogP contribution in [-0.2, 0) is 26.1 Å². The van der Waals surface area contributed by atoms with Crippen molar-refractivity contribution in [2.45, 2.75) is 39.9 Å². The Labute approximate surface area is 114 Å². The molecule has 2 aromatic rings. The smallest absolute Gasteiger partial charge is 0.128 e. The molecule has 2 aromatic heterocycles. The summed E-state index contributed by atoms with van der Waals surface area (Å²) >= 11 is 0. The van der Waals surface area contributed by atoms with Crippen molar-refractivity contribution in [3.05, 3.63) is 41.7 Å². The molecule has 0 aliphatic rings. The molecule has 0 unspecified atom stereocenters. The van der Waals surface area contributed by atoms with E-state index in [4.69, 9.17) is 0 Å². The molecule has 0 aromatic carbocycles. The number of rotatable bonds is 6. The van der Waals surface area contributed by atoms with Crippen molar-refractivity contribution in [2.75, 3.05) is 7.05 Å². The Balaban J connectivity index is 1.94. The van der Waals surface area contributed by atoms with Crippen molar-refractivity contribution < 1.29 is 0 Å². The maximum absolute atomic E-state index is 4.52. The molecule has 0 bridgehead atoms. The second-order valence-electron chi connectivity index (χ2n) is 4.69. The fourth-order valence-corrected chi connectivity index (χ4v) is 2.00. The summed E-state index contributed by atoms with van der Waals surface area (Å²) in [5, 5.41) is 4.29. The number of aryl methyl sites for hydroxylation is 2. The van der Waals surface area contributed by atoms with Gasteiger partial charge in [0.05, 0.1) is 11.9 Å². The van der Waals surface area contributed by atoms with Gasteiger partial charge in [0.15, 0.2) is 0 Å². The third-order valence-electron chi connectivity index (χ3n) is 2.97. The lowest BCUT2D eigenvalue weighted by Crippen LogP contribution is -2.18. The minimum Gasteiger partial charge on any atom is -0.296 e. The first-order valence-electron chi connectivity index (χ1n) is 6.72. The van der Waals surface area contributed by atoms with Gasteiger partial charge in [-0.3, -0.25) is 9.58 Å². The zero-order chi connectivity index (χ0) is 13.7. The van der Waals surface area contributed by atoms with E-state index in [-0.39, 0.29) is 0 Å². The average Bonchev–Trinajstić information content (AvgIpc) is 2.86. The van der Waals surface area contributed by atoms with Crippen LogP contribution in [0.5, 0.6) is 0 Å². The highest BCUT2D eigenvalue weighted by Crippen LogP contribution is 2.06. The molecule has 0 saturated carbocycles. The summed E-state index contributed by atoms with van der Waals surface area (Å²) in [6, 6.07) is 1.98. The molecule has 0 spiro atoms. The molecule has 0 aliphatic carbocycles. The van der Waals surface area contributed by atoms with Crippen LogP contribution in [0, 0.1) is 0 Å². The first kappa shape index (κ1) is 13.7. The first-order chi connectivity index (χ1) is 9.21. The molecule has 5 heteroatoms. The van der Waals surface area contributed by atoms with Gasteiger partial charge in [0.2, 0.25) is 0 Å². The van der Waals surface area contributed by atoms with Crippen LogP contribution in [-0.4, -0.2) is 31.7 Å². The van der Waals surface area contributed by atoms with Gasteiger partial charge in [-0.2, -0.15) is 5.10 Å². The molecule has 0 atom stereocenters. The van der Waals surface area contributed by atoms with Gasteiger partial charge in [0.25, 0.3) is 0 Å². The van der Waals surface area contributed by atoms with Crippen molar-refractivity contribution >= 4 is 0 Å². The quantitative estimate of drug-likeness (QED) is 0.795. The molecule has 2 rings (SSSR count). The van der Waals surface area contributed by atoms with Crippen LogP contribution in [0.1, 0.15) is 30.9 Å². The summed E-state index contributed by atoms with van der Waals surface area (Å²) < 4.78 is 1.95. The SMILES string of the molecule is CCc1nccc(CN(C)Cc2cnn(CC)c2)n1. The van der Waals surface area contributed by atoms with Crippen LogP contribution in [0.15, 0.2) is 24.7 Å². The summed E-state index contributed by atoms with van der Waals surface area (Å²) in [6.07, 6.45) is 6.73. The molecule has 2 heterocycles. The van der Waals surface area contributed by atoms with Crippen LogP contribution in [0.4, 0.5) is 0 Å². The van der Waals surface area contributed by atoms with Gasteiger partial charge < -0.3 is 0 Å². The normalized spacial score (nSPS) is 11.2. The Bertz CT molecular complexity index is 520. The predicted molar refractivity (Wildman–Crippen MR) is 74.5 cm³/mol. The van der Waals surface area contributed by atoms with Gasteiger partial charge in [-0.1, -0.05) is 6.92 Å². The monoisotopic (exact) mass is 259 g/mol. The van der Waals surface area contributed by atoms with E-state index in [0.29, 0.717) is 0 Å². The summed E-state index contributed by atoms with van der Waals surface area (Å²) in [4.78, 5) is 11.0. The lowest BCUT2D eigenvalue weighted by atomic mass is 10.3. The minimum atomic E-state index is 0.826. The number of aromatic nitrogens is 4. The van der Waals surface area contributed by atoms with E-state index in [9.17, 15) is 0 Å². The molecule has 5 nitrogen and oxygen atoms in total. The lowest BCUT2D eigenvalue weighted by Gasteiger charge is -2.15. The van der Waals surface area contributed by atoms with E-state index < -0.39 is 0 Å². The summed E-state index contributed by atoms with van der Waals surface area (Å²) in [5.41, 5.74) is 2.30. The van der Waals surface area contributed by atoms with E-state index in [0.717, 1.165) is 37.6 Å². The first-order valence-corrected chi connectivity index (χ1v) is 6.72. The lowest BCUT2D eigenvalue weighted by molar-refractivity contribution is 0.314. The third kappa shape index (κ3) is 3.86. The molecule has 19 heavy (non-hydrogen) atoms. The molecule has 0 fully saturated rings.